The third-order valence-electron chi connectivity index (χ3n) is 5.44. The Hall–Kier alpha value is -2.54. The molecular formula is C21H25N3O3S. The van der Waals surface area contributed by atoms with Gasteiger partial charge >= 0.3 is 0 Å². The molecule has 0 unspecified atom stereocenters. The highest BCUT2D eigenvalue weighted by Crippen LogP contribution is 2.25. The van der Waals surface area contributed by atoms with Gasteiger partial charge in [-0.15, -0.1) is 0 Å². The van der Waals surface area contributed by atoms with E-state index in [2.05, 4.69) is 36.1 Å². The monoisotopic (exact) mass is 399 g/mol. The highest BCUT2D eigenvalue weighted by Gasteiger charge is 2.29. The van der Waals surface area contributed by atoms with Crippen molar-refractivity contribution in [1.82, 2.24) is 4.90 Å². The summed E-state index contributed by atoms with van der Waals surface area (Å²) in [5.74, 6) is 0.193. The normalized spacial score (nSPS) is 19.1. The van der Waals surface area contributed by atoms with E-state index >= 15 is 0 Å². The highest BCUT2D eigenvalue weighted by molar-refractivity contribution is 7.93. The molecule has 0 aromatic heterocycles. The number of hydrogen-bond acceptors (Lipinski definition) is 4. The zero-order valence-corrected chi connectivity index (χ0v) is 16.9. The number of carbonyl (C=O) groups is 1. The molecule has 0 spiro atoms. The fraction of sp³-hybridized carbons (Fsp3) is 0.381. The smallest absolute Gasteiger partial charge is 0.253 e. The third kappa shape index (κ3) is 3.71. The van der Waals surface area contributed by atoms with Crippen LogP contribution in [0.5, 0.6) is 0 Å². The van der Waals surface area contributed by atoms with Crippen LogP contribution in [0, 0.1) is 6.92 Å². The second kappa shape index (κ2) is 7.47. The first-order chi connectivity index (χ1) is 13.4. The number of nitrogens with zero attached hydrogens (tertiary/aromatic N) is 3. The lowest BCUT2D eigenvalue weighted by Gasteiger charge is -2.36. The first-order valence-electron chi connectivity index (χ1n) is 9.65. The van der Waals surface area contributed by atoms with E-state index in [0.717, 1.165) is 13.1 Å². The molecule has 0 atom stereocenters. The summed E-state index contributed by atoms with van der Waals surface area (Å²) in [6.45, 7) is 5.56. The van der Waals surface area contributed by atoms with Crippen molar-refractivity contribution in [2.75, 3.05) is 47.7 Å². The Bertz CT molecular complexity index is 965. The summed E-state index contributed by atoms with van der Waals surface area (Å²) in [5.41, 5.74) is 3.67. The van der Waals surface area contributed by atoms with Gasteiger partial charge in [0.05, 0.1) is 11.4 Å². The molecule has 2 aliphatic rings. The Morgan fingerprint density at radius 2 is 1.61 bits per heavy atom. The molecule has 7 heteroatoms. The first kappa shape index (κ1) is 18.8. The van der Waals surface area contributed by atoms with Crippen molar-refractivity contribution in [1.29, 1.82) is 0 Å². The summed E-state index contributed by atoms with van der Waals surface area (Å²) < 4.78 is 25.5. The lowest BCUT2D eigenvalue weighted by molar-refractivity contribution is 0.0747. The van der Waals surface area contributed by atoms with E-state index in [4.69, 9.17) is 0 Å². The SMILES string of the molecule is Cc1cccc(N2CCN(C(=O)c3ccc(N4CCCS4(=O)=O)cc3)CC2)c1. The van der Waals surface area contributed by atoms with Crippen LogP contribution in [-0.4, -0.2) is 57.7 Å². The predicted octanol–water partition coefficient (Wildman–Crippen LogP) is 2.50. The molecule has 1 amide bonds. The van der Waals surface area contributed by atoms with Crippen molar-refractivity contribution in [3.05, 3.63) is 59.7 Å². The van der Waals surface area contributed by atoms with Gasteiger partial charge in [-0.2, -0.15) is 0 Å². The molecule has 2 saturated heterocycles. The quantitative estimate of drug-likeness (QED) is 0.796. The molecule has 28 heavy (non-hydrogen) atoms. The number of aryl methyl sites for hydroxylation is 1. The maximum atomic E-state index is 12.8. The largest absolute Gasteiger partial charge is 0.368 e. The number of piperazine rings is 1. The van der Waals surface area contributed by atoms with E-state index < -0.39 is 10.0 Å². The van der Waals surface area contributed by atoms with E-state index in [-0.39, 0.29) is 11.7 Å². The van der Waals surface area contributed by atoms with Crippen molar-refractivity contribution in [2.24, 2.45) is 0 Å². The third-order valence-corrected chi connectivity index (χ3v) is 7.30. The molecule has 2 heterocycles. The lowest BCUT2D eigenvalue weighted by atomic mass is 10.1. The van der Waals surface area contributed by atoms with Crippen molar-refractivity contribution in [2.45, 2.75) is 13.3 Å². The van der Waals surface area contributed by atoms with Crippen LogP contribution in [0.3, 0.4) is 0 Å². The number of rotatable bonds is 3. The maximum Gasteiger partial charge on any atom is 0.253 e. The van der Waals surface area contributed by atoms with Crippen LogP contribution in [0.15, 0.2) is 48.5 Å². The van der Waals surface area contributed by atoms with E-state index in [9.17, 15) is 13.2 Å². The number of hydrogen-bond donors (Lipinski definition) is 0. The van der Waals surface area contributed by atoms with E-state index in [1.54, 1.807) is 24.3 Å². The second-order valence-corrected chi connectivity index (χ2v) is 9.42. The molecule has 6 nitrogen and oxygen atoms in total. The Morgan fingerprint density at radius 1 is 0.893 bits per heavy atom. The molecule has 0 radical (unpaired) electrons. The maximum absolute atomic E-state index is 12.8. The molecule has 2 aromatic rings. The minimum atomic E-state index is -3.20. The van der Waals surface area contributed by atoms with Gasteiger partial charge < -0.3 is 9.80 Å². The minimum absolute atomic E-state index is 0.000258. The molecule has 0 N–H and O–H groups in total. The van der Waals surface area contributed by atoms with Crippen LogP contribution >= 0.6 is 0 Å². The van der Waals surface area contributed by atoms with Gasteiger partial charge in [0.15, 0.2) is 0 Å². The number of sulfonamides is 1. The summed E-state index contributed by atoms with van der Waals surface area (Å²) in [6.07, 6.45) is 0.647. The topological polar surface area (TPSA) is 60.9 Å². The molecule has 2 aliphatic heterocycles. The van der Waals surface area contributed by atoms with Crippen LogP contribution in [0.2, 0.25) is 0 Å². The van der Waals surface area contributed by atoms with Crippen LogP contribution in [0.4, 0.5) is 11.4 Å². The van der Waals surface area contributed by atoms with Gasteiger partial charge in [0.2, 0.25) is 10.0 Å². The van der Waals surface area contributed by atoms with E-state index in [0.29, 0.717) is 37.3 Å². The molecular weight excluding hydrogens is 374 g/mol. The first-order valence-corrected chi connectivity index (χ1v) is 11.3. The van der Waals surface area contributed by atoms with Gasteiger partial charge in [0.1, 0.15) is 0 Å². The van der Waals surface area contributed by atoms with Crippen LogP contribution in [0.25, 0.3) is 0 Å². The predicted molar refractivity (Wildman–Crippen MR) is 111 cm³/mol. The molecule has 0 saturated carbocycles. The van der Waals surface area contributed by atoms with Gasteiger partial charge in [-0.1, -0.05) is 12.1 Å². The van der Waals surface area contributed by atoms with Crippen molar-refractivity contribution >= 4 is 27.3 Å². The molecule has 0 aliphatic carbocycles. The number of anilines is 2. The highest BCUT2D eigenvalue weighted by atomic mass is 32.2. The minimum Gasteiger partial charge on any atom is -0.368 e. The molecule has 4 rings (SSSR count). The van der Waals surface area contributed by atoms with Gasteiger partial charge in [-0.05, 0) is 55.3 Å². The van der Waals surface area contributed by atoms with E-state index in [1.165, 1.54) is 15.6 Å². The summed E-state index contributed by atoms with van der Waals surface area (Å²) in [6, 6.07) is 15.4. The molecule has 2 fully saturated rings. The Balaban J connectivity index is 1.40. The van der Waals surface area contributed by atoms with Gasteiger partial charge in [0.25, 0.3) is 5.91 Å². The van der Waals surface area contributed by atoms with Crippen LogP contribution in [0.1, 0.15) is 22.3 Å². The molecule has 0 bridgehead atoms. The number of amides is 1. The molecule has 148 valence electrons. The average Bonchev–Trinajstić information content (AvgIpc) is 3.07. The van der Waals surface area contributed by atoms with Gasteiger partial charge in [-0.3, -0.25) is 9.10 Å². The fourth-order valence-electron chi connectivity index (χ4n) is 3.87. The van der Waals surface area contributed by atoms with Crippen molar-refractivity contribution < 1.29 is 13.2 Å². The van der Waals surface area contributed by atoms with Gasteiger partial charge in [0, 0.05) is 44.0 Å². The fourth-order valence-corrected chi connectivity index (χ4v) is 5.44. The summed E-state index contributed by atoms with van der Waals surface area (Å²) in [4.78, 5) is 17.0. The van der Waals surface area contributed by atoms with Crippen molar-refractivity contribution in [3.8, 4) is 0 Å². The standard InChI is InChI=1S/C21H25N3O3S/c1-17-4-2-5-20(16-17)22-11-13-23(14-12-22)21(25)18-6-8-19(9-7-18)24-10-3-15-28(24,26)27/h2,4-9,16H,3,10-15H2,1H3. The lowest BCUT2D eigenvalue weighted by Crippen LogP contribution is -2.48. The zero-order chi connectivity index (χ0) is 19.7. The Kier molecular flexibility index (Phi) is 5.02. The van der Waals surface area contributed by atoms with E-state index in [1.807, 2.05) is 4.90 Å². The summed E-state index contributed by atoms with van der Waals surface area (Å²) >= 11 is 0. The molecule has 2 aromatic carbocycles. The van der Waals surface area contributed by atoms with Crippen LogP contribution in [-0.2, 0) is 10.0 Å². The number of benzene rings is 2. The Morgan fingerprint density at radius 3 is 2.21 bits per heavy atom. The van der Waals surface area contributed by atoms with Gasteiger partial charge in [-0.25, -0.2) is 8.42 Å². The number of carbonyl (C=O) groups excluding carboxylic acids is 1. The van der Waals surface area contributed by atoms with Crippen LogP contribution < -0.4 is 9.21 Å². The summed E-state index contributed by atoms with van der Waals surface area (Å²) in [5, 5.41) is 0. The summed E-state index contributed by atoms with van der Waals surface area (Å²) in [7, 11) is -3.20. The van der Waals surface area contributed by atoms with Crippen molar-refractivity contribution in [3.63, 3.8) is 0 Å². The second-order valence-electron chi connectivity index (χ2n) is 7.41. The average molecular weight is 400 g/mol. The zero-order valence-electron chi connectivity index (χ0n) is 16.0. The Labute approximate surface area is 166 Å².